The molecule has 3 N–H and O–H groups in total. The highest BCUT2D eigenvalue weighted by molar-refractivity contribution is 7.47. The molecule has 0 amide bonds. The second-order valence-corrected chi connectivity index (χ2v) is 30.9. The number of ether oxygens (including phenoxy) is 4. The predicted octanol–water partition coefficient (Wildman–Crippen LogP) is 25.6. The summed E-state index contributed by atoms with van der Waals surface area (Å²) < 4.78 is 68.7. The number of allylic oxidation sites excluding steroid dienone is 26. The molecule has 0 bridgehead atoms. The van der Waals surface area contributed by atoms with Crippen LogP contribution < -0.4 is 0 Å². The molecule has 0 heterocycles. The number of carbonyl (C=O) groups excluding carboxylic acids is 4. The SMILES string of the molecule is CC/C=C\C/C=C\C/C=C\C/C=C\C/C=C\C/C=C\CCC(=O)OCC(COP(=O)(O)OCC(O)COP(=O)(O)OCC(COC(=O)CCCCCCCC/C=C\C/C=C\C/C=C\CCCCC)OC(=O)CCCCCCCC/C=C\C/C=C\C/C=C\CCCCC)OC(=O)CCCCCCC/C=C\CCCCCC. The van der Waals surface area contributed by atoms with Crippen LogP contribution in [-0.2, 0) is 65.4 Å². The lowest BCUT2D eigenvalue weighted by Crippen LogP contribution is -2.30. The molecule has 0 aliphatic heterocycles. The van der Waals surface area contributed by atoms with E-state index in [9.17, 15) is 43.2 Å². The monoisotopic (exact) mass is 1580 g/mol. The molecule has 0 aromatic heterocycles. The van der Waals surface area contributed by atoms with Gasteiger partial charge in [0.1, 0.15) is 19.3 Å². The number of hydrogen-bond donors (Lipinski definition) is 3. The number of unbranched alkanes of at least 4 members (excludes halogenated alkanes) is 27. The first-order valence-electron chi connectivity index (χ1n) is 42.7. The van der Waals surface area contributed by atoms with Gasteiger partial charge in [-0.15, -0.1) is 0 Å². The Balaban J connectivity index is 5.46. The molecule has 0 rings (SSSR count). The van der Waals surface area contributed by atoms with E-state index >= 15 is 0 Å². The van der Waals surface area contributed by atoms with Crippen LogP contribution in [0, 0.1) is 0 Å². The molecule has 0 saturated heterocycles. The van der Waals surface area contributed by atoms with Crippen molar-refractivity contribution in [3.63, 3.8) is 0 Å². The predicted molar refractivity (Wildman–Crippen MR) is 454 cm³/mol. The van der Waals surface area contributed by atoms with E-state index in [1.54, 1.807) is 0 Å². The van der Waals surface area contributed by atoms with Crippen LogP contribution in [0.4, 0.5) is 0 Å². The van der Waals surface area contributed by atoms with Gasteiger partial charge in [0.15, 0.2) is 12.2 Å². The number of carbonyl (C=O) groups is 4. The molecule has 0 radical (unpaired) electrons. The van der Waals surface area contributed by atoms with Crippen molar-refractivity contribution >= 4 is 39.5 Å². The molecule has 5 atom stereocenters. The van der Waals surface area contributed by atoms with Crippen LogP contribution in [0.2, 0.25) is 0 Å². The zero-order valence-electron chi connectivity index (χ0n) is 68.9. The highest BCUT2D eigenvalue weighted by Crippen LogP contribution is 2.45. The molecule has 17 nitrogen and oxygen atoms in total. The van der Waals surface area contributed by atoms with Gasteiger partial charge in [-0.3, -0.25) is 37.3 Å². The van der Waals surface area contributed by atoms with Crippen molar-refractivity contribution in [2.75, 3.05) is 39.6 Å². The zero-order valence-corrected chi connectivity index (χ0v) is 70.7. The Hall–Kier alpha value is -5.32. The first-order valence-corrected chi connectivity index (χ1v) is 45.7. The summed E-state index contributed by atoms with van der Waals surface area (Å²) in [6.45, 7) is 4.59. The standard InChI is InChI=1S/C91H152O17P2/c1-5-9-13-17-21-25-29-33-36-39-42-45-48-52-55-59-63-67-71-75-88(93)101-81-86(107-90(95)77-73-69-65-61-57-51-32-28-24-20-16-12-8-4)83-105-109(97,98)103-79-85(92)80-104-110(99,100)106-84-87(108-91(96)78-74-70-66-62-58-54-50-47-44-41-38-35-31-27-23-19-15-11-7-3)82-102-89(94)76-72-68-64-60-56-53-49-46-43-40-37-34-30-26-22-18-14-10-6-2/h9,13,21-23,25-28,32-38,42-47,52,55,63,67,85-87,92H,5-8,10-12,14-20,24,29-31,39-41,48-51,53-54,56-62,64-66,68-84H2,1-4H3,(H,97,98)(H,99,100)/b13-9-,25-21-,26-22-,27-23-,32-28-,36-33-,37-34-,38-35-,45-42-,46-43-,47-44-,55-52-,67-63-. The minimum absolute atomic E-state index is 0.0304. The van der Waals surface area contributed by atoms with E-state index in [-0.39, 0.29) is 25.7 Å². The fourth-order valence-corrected chi connectivity index (χ4v) is 12.5. The largest absolute Gasteiger partial charge is 0.472 e. The molecular weight excluding hydrogens is 1430 g/mol. The Morgan fingerprint density at radius 2 is 0.491 bits per heavy atom. The number of rotatable bonds is 79. The number of hydrogen-bond acceptors (Lipinski definition) is 15. The average Bonchev–Trinajstić information content (AvgIpc) is 0.942. The van der Waals surface area contributed by atoms with E-state index in [1.807, 2.05) is 18.2 Å². The lowest BCUT2D eigenvalue weighted by molar-refractivity contribution is -0.161. The second-order valence-electron chi connectivity index (χ2n) is 28.0. The highest BCUT2D eigenvalue weighted by atomic mass is 31.2. The second kappa shape index (κ2) is 81.7. The summed E-state index contributed by atoms with van der Waals surface area (Å²) in [6, 6.07) is 0. The van der Waals surface area contributed by atoms with Gasteiger partial charge in [-0.2, -0.15) is 0 Å². The number of phosphoric ester groups is 2. The number of esters is 4. The van der Waals surface area contributed by atoms with Crippen LogP contribution in [0.15, 0.2) is 158 Å². The molecule has 0 aliphatic rings. The molecule has 0 fully saturated rings. The van der Waals surface area contributed by atoms with E-state index < -0.39 is 97.5 Å². The van der Waals surface area contributed by atoms with E-state index in [4.69, 9.17) is 37.0 Å². The average molecular weight is 1580 g/mol. The van der Waals surface area contributed by atoms with Crippen molar-refractivity contribution < 1.29 is 80.2 Å². The van der Waals surface area contributed by atoms with Crippen molar-refractivity contribution in [1.29, 1.82) is 0 Å². The minimum atomic E-state index is -5.00. The Labute approximate surface area is 668 Å². The van der Waals surface area contributed by atoms with Crippen LogP contribution in [-0.4, -0.2) is 96.7 Å². The van der Waals surface area contributed by atoms with E-state index in [2.05, 4.69) is 167 Å². The Morgan fingerprint density at radius 1 is 0.264 bits per heavy atom. The summed E-state index contributed by atoms with van der Waals surface area (Å²) in [6.07, 6.45) is 96.4. The third-order valence-corrected chi connectivity index (χ3v) is 19.4. The molecule has 0 spiro atoms. The molecule has 628 valence electrons. The molecule has 0 saturated carbocycles. The smallest absolute Gasteiger partial charge is 0.462 e. The third kappa shape index (κ3) is 80.7. The normalized spacial score (nSPS) is 14.6. The van der Waals surface area contributed by atoms with Crippen molar-refractivity contribution in [1.82, 2.24) is 0 Å². The van der Waals surface area contributed by atoms with Gasteiger partial charge >= 0.3 is 39.5 Å². The summed E-state index contributed by atoms with van der Waals surface area (Å²) >= 11 is 0. The van der Waals surface area contributed by atoms with Gasteiger partial charge in [-0.05, 0) is 167 Å². The van der Waals surface area contributed by atoms with E-state index in [0.29, 0.717) is 32.1 Å². The van der Waals surface area contributed by atoms with E-state index in [1.165, 1.54) is 64.2 Å². The first-order chi connectivity index (χ1) is 53.7. The molecule has 0 aromatic carbocycles. The maximum absolute atomic E-state index is 13.1. The fourth-order valence-electron chi connectivity index (χ4n) is 11.0. The summed E-state index contributed by atoms with van der Waals surface area (Å²) in [5.41, 5.74) is 0. The maximum atomic E-state index is 13.1. The quantitative estimate of drug-likeness (QED) is 0.0169. The summed E-state index contributed by atoms with van der Waals surface area (Å²) in [5.74, 6) is -2.31. The molecule has 0 aromatic rings. The van der Waals surface area contributed by atoms with Crippen molar-refractivity contribution in [3.8, 4) is 0 Å². The van der Waals surface area contributed by atoms with Gasteiger partial charge < -0.3 is 33.8 Å². The van der Waals surface area contributed by atoms with Gasteiger partial charge in [0.25, 0.3) is 0 Å². The molecular formula is C91H152O17P2. The fraction of sp³-hybridized carbons (Fsp3) is 0.670. The Kier molecular flexibility index (Phi) is 77.7. The minimum Gasteiger partial charge on any atom is -0.462 e. The lowest BCUT2D eigenvalue weighted by Gasteiger charge is -2.21. The first kappa shape index (κ1) is 105. The van der Waals surface area contributed by atoms with Gasteiger partial charge in [0.2, 0.25) is 0 Å². The van der Waals surface area contributed by atoms with Gasteiger partial charge in [-0.1, -0.05) is 301 Å². The van der Waals surface area contributed by atoms with Crippen molar-refractivity contribution in [2.24, 2.45) is 0 Å². The maximum Gasteiger partial charge on any atom is 0.472 e. The molecule has 0 aliphatic carbocycles. The van der Waals surface area contributed by atoms with Gasteiger partial charge in [0, 0.05) is 25.7 Å². The summed E-state index contributed by atoms with van der Waals surface area (Å²) in [4.78, 5) is 73.2. The van der Waals surface area contributed by atoms with E-state index in [0.717, 1.165) is 186 Å². The Morgan fingerprint density at radius 3 is 0.809 bits per heavy atom. The highest BCUT2D eigenvalue weighted by Gasteiger charge is 2.30. The van der Waals surface area contributed by atoms with Gasteiger partial charge in [0.05, 0.1) is 26.4 Å². The van der Waals surface area contributed by atoms with Crippen LogP contribution in [0.5, 0.6) is 0 Å². The van der Waals surface area contributed by atoms with Crippen LogP contribution in [0.25, 0.3) is 0 Å². The number of aliphatic hydroxyl groups excluding tert-OH is 1. The van der Waals surface area contributed by atoms with Crippen LogP contribution in [0.1, 0.15) is 336 Å². The summed E-state index contributed by atoms with van der Waals surface area (Å²) in [5, 5.41) is 10.7. The van der Waals surface area contributed by atoms with Gasteiger partial charge in [-0.25, -0.2) is 9.13 Å². The third-order valence-electron chi connectivity index (χ3n) is 17.5. The molecule has 19 heteroatoms. The number of phosphoric acid groups is 2. The van der Waals surface area contributed by atoms with Crippen LogP contribution in [0.3, 0.4) is 0 Å². The Bertz CT molecular complexity index is 2700. The number of aliphatic hydroxyl groups is 1. The molecule has 5 unspecified atom stereocenters. The molecule has 110 heavy (non-hydrogen) atoms. The van der Waals surface area contributed by atoms with Crippen molar-refractivity contribution in [3.05, 3.63) is 158 Å². The van der Waals surface area contributed by atoms with Crippen LogP contribution >= 0.6 is 15.6 Å². The lowest BCUT2D eigenvalue weighted by atomic mass is 10.1. The van der Waals surface area contributed by atoms with Crippen molar-refractivity contribution in [2.45, 2.75) is 354 Å². The summed E-state index contributed by atoms with van der Waals surface area (Å²) in [7, 11) is -10.0. The zero-order chi connectivity index (χ0) is 80.3. The topological polar surface area (TPSA) is 237 Å².